The van der Waals surface area contributed by atoms with Crippen molar-refractivity contribution in [1.82, 2.24) is 19.3 Å². The fourth-order valence-corrected chi connectivity index (χ4v) is 2.79. The van der Waals surface area contributed by atoms with Crippen LogP contribution in [0.3, 0.4) is 0 Å². The fourth-order valence-electron chi connectivity index (χ4n) is 2.79. The molecule has 7 heteroatoms. The van der Waals surface area contributed by atoms with Crippen LogP contribution in [0.1, 0.15) is 29.3 Å². The third-order valence-corrected chi connectivity index (χ3v) is 3.97. The summed E-state index contributed by atoms with van der Waals surface area (Å²) in [6, 6.07) is 5.13. The highest BCUT2D eigenvalue weighted by Gasteiger charge is 2.16. The van der Waals surface area contributed by atoms with Gasteiger partial charge in [0.1, 0.15) is 16.8 Å². The summed E-state index contributed by atoms with van der Waals surface area (Å²) in [6.45, 7) is 4.38. The van der Waals surface area contributed by atoms with E-state index in [9.17, 15) is 9.59 Å². The predicted octanol–water partition coefficient (Wildman–Crippen LogP) is 1.21. The molecular formula is C17H19N5O2. The number of rotatable bonds is 3. The van der Waals surface area contributed by atoms with E-state index in [0.29, 0.717) is 23.2 Å². The summed E-state index contributed by atoms with van der Waals surface area (Å²) in [6.07, 6.45) is 2.49. The first-order valence-corrected chi connectivity index (χ1v) is 7.81. The second-order valence-corrected chi connectivity index (χ2v) is 5.73. The van der Waals surface area contributed by atoms with Crippen LogP contribution in [-0.2, 0) is 6.54 Å². The molecule has 124 valence electrons. The largest absolute Gasteiger partial charge is 0.355 e. The molecule has 1 amide bonds. The molecule has 3 aromatic heterocycles. The summed E-state index contributed by atoms with van der Waals surface area (Å²) in [5, 5.41) is 11.2. The van der Waals surface area contributed by atoms with Crippen molar-refractivity contribution in [1.29, 1.82) is 5.41 Å². The maximum Gasteiger partial charge on any atom is 0.267 e. The average Bonchev–Trinajstić information content (AvgIpc) is 2.57. The van der Waals surface area contributed by atoms with Gasteiger partial charge in [-0.3, -0.25) is 19.4 Å². The highest BCUT2D eigenvalue weighted by Crippen LogP contribution is 2.11. The molecule has 0 fully saturated rings. The van der Waals surface area contributed by atoms with E-state index in [1.807, 2.05) is 19.9 Å². The Morgan fingerprint density at radius 3 is 2.79 bits per heavy atom. The molecule has 3 rings (SSSR count). The van der Waals surface area contributed by atoms with Crippen molar-refractivity contribution in [3.05, 3.63) is 51.4 Å². The van der Waals surface area contributed by atoms with Gasteiger partial charge in [-0.2, -0.15) is 0 Å². The summed E-state index contributed by atoms with van der Waals surface area (Å²) in [5.74, 6) is -0.388. The zero-order valence-corrected chi connectivity index (χ0v) is 13.9. The maximum absolute atomic E-state index is 12.9. The Balaban J connectivity index is 2.53. The minimum Gasteiger partial charge on any atom is -0.355 e. The second-order valence-electron chi connectivity index (χ2n) is 5.73. The van der Waals surface area contributed by atoms with Crippen LogP contribution in [0.5, 0.6) is 0 Å². The van der Waals surface area contributed by atoms with Gasteiger partial charge in [-0.05, 0) is 31.0 Å². The molecule has 3 heterocycles. The molecule has 0 aliphatic rings. The lowest BCUT2D eigenvalue weighted by Gasteiger charge is -2.13. The maximum atomic E-state index is 12.9. The Bertz CT molecular complexity index is 1080. The Morgan fingerprint density at radius 2 is 2.12 bits per heavy atom. The third-order valence-electron chi connectivity index (χ3n) is 3.97. The van der Waals surface area contributed by atoms with Gasteiger partial charge >= 0.3 is 0 Å². The van der Waals surface area contributed by atoms with Crippen molar-refractivity contribution in [2.75, 3.05) is 7.05 Å². The molecule has 0 aliphatic heterocycles. The topological polar surface area (TPSA) is 92.2 Å². The Labute approximate surface area is 138 Å². The van der Waals surface area contributed by atoms with Gasteiger partial charge in [0.25, 0.3) is 11.5 Å². The fraction of sp³-hybridized carbons (Fsp3) is 0.294. The van der Waals surface area contributed by atoms with Crippen LogP contribution in [0.4, 0.5) is 0 Å². The van der Waals surface area contributed by atoms with Gasteiger partial charge in [0.2, 0.25) is 0 Å². The number of hydrogen-bond acceptors (Lipinski definition) is 4. The Morgan fingerprint density at radius 1 is 1.38 bits per heavy atom. The van der Waals surface area contributed by atoms with Crippen LogP contribution in [0.2, 0.25) is 0 Å². The van der Waals surface area contributed by atoms with Crippen LogP contribution in [0, 0.1) is 12.3 Å². The number of aromatic nitrogens is 3. The minimum atomic E-state index is -0.388. The molecule has 0 saturated carbocycles. The number of nitrogens with one attached hydrogen (secondary N) is 2. The first-order valence-electron chi connectivity index (χ1n) is 7.81. The average molecular weight is 325 g/mol. The number of carbonyl (C=O) groups excluding carboxylic acids is 1. The van der Waals surface area contributed by atoms with Crippen molar-refractivity contribution >= 4 is 22.6 Å². The SMILES string of the molecule is CCCn1c(=N)c(C(=O)NC)cc2c(=O)n3cc(C)ccc3nc21. The molecule has 0 saturated heterocycles. The van der Waals surface area contributed by atoms with Crippen molar-refractivity contribution in [3.8, 4) is 0 Å². The smallest absolute Gasteiger partial charge is 0.267 e. The van der Waals surface area contributed by atoms with E-state index in [4.69, 9.17) is 5.41 Å². The van der Waals surface area contributed by atoms with E-state index in [1.54, 1.807) is 16.8 Å². The number of pyridine rings is 2. The molecule has 0 radical (unpaired) electrons. The van der Waals surface area contributed by atoms with Crippen LogP contribution < -0.4 is 16.4 Å². The van der Waals surface area contributed by atoms with Gasteiger partial charge in [0.05, 0.1) is 10.9 Å². The monoisotopic (exact) mass is 325 g/mol. The standard InChI is InChI=1S/C17H19N5O2/c1-4-7-21-14(18)11(16(23)19-3)8-12-15(21)20-13-6-5-10(2)9-22(13)17(12)24/h5-6,8-9,18H,4,7H2,1-3H3,(H,19,23). The summed E-state index contributed by atoms with van der Waals surface area (Å²) in [7, 11) is 1.50. The minimum absolute atomic E-state index is 0.0621. The van der Waals surface area contributed by atoms with E-state index < -0.39 is 0 Å². The lowest BCUT2D eigenvalue weighted by Crippen LogP contribution is -2.33. The number of aryl methyl sites for hydroxylation is 2. The van der Waals surface area contributed by atoms with Gasteiger partial charge in [0, 0.05) is 19.8 Å². The summed E-state index contributed by atoms with van der Waals surface area (Å²) < 4.78 is 3.10. The third kappa shape index (κ3) is 2.38. The highest BCUT2D eigenvalue weighted by molar-refractivity contribution is 5.96. The number of hydrogen-bond donors (Lipinski definition) is 2. The number of fused-ring (bicyclic) bond motifs is 2. The second kappa shape index (κ2) is 5.92. The summed E-state index contributed by atoms with van der Waals surface area (Å²) in [4.78, 5) is 29.5. The molecule has 24 heavy (non-hydrogen) atoms. The number of carbonyl (C=O) groups is 1. The van der Waals surface area contributed by atoms with E-state index in [1.165, 1.54) is 17.5 Å². The zero-order valence-electron chi connectivity index (χ0n) is 13.9. The molecule has 0 unspecified atom stereocenters. The molecule has 0 bridgehead atoms. The molecule has 2 N–H and O–H groups in total. The molecule has 3 aromatic rings. The van der Waals surface area contributed by atoms with Crippen LogP contribution in [0.15, 0.2) is 29.2 Å². The Kier molecular flexibility index (Phi) is 3.92. The Hall–Kier alpha value is -2.96. The molecule has 0 aromatic carbocycles. The summed E-state index contributed by atoms with van der Waals surface area (Å²) in [5.41, 5.74) is 1.89. The van der Waals surface area contributed by atoms with E-state index in [2.05, 4.69) is 10.3 Å². The van der Waals surface area contributed by atoms with Gasteiger partial charge in [0.15, 0.2) is 0 Å². The van der Waals surface area contributed by atoms with Crippen molar-refractivity contribution in [2.24, 2.45) is 0 Å². The molecule has 0 atom stereocenters. The number of amides is 1. The van der Waals surface area contributed by atoms with Crippen molar-refractivity contribution < 1.29 is 4.79 Å². The zero-order chi connectivity index (χ0) is 17.4. The van der Waals surface area contributed by atoms with Crippen molar-refractivity contribution in [3.63, 3.8) is 0 Å². The van der Waals surface area contributed by atoms with Crippen LogP contribution in [0.25, 0.3) is 16.7 Å². The first-order chi connectivity index (χ1) is 11.5. The first kappa shape index (κ1) is 15.9. The van der Waals surface area contributed by atoms with Gasteiger partial charge < -0.3 is 9.88 Å². The predicted molar refractivity (Wildman–Crippen MR) is 91.2 cm³/mol. The van der Waals surface area contributed by atoms with Gasteiger partial charge in [-0.15, -0.1) is 0 Å². The van der Waals surface area contributed by atoms with E-state index >= 15 is 0 Å². The molecule has 0 aliphatic carbocycles. The lowest BCUT2D eigenvalue weighted by molar-refractivity contribution is 0.0960. The number of nitrogens with zero attached hydrogens (tertiary/aromatic N) is 3. The summed E-state index contributed by atoms with van der Waals surface area (Å²) >= 11 is 0. The quantitative estimate of drug-likeness (QED) is 0.709. The van der Waals surface area contributed by atoms with Gasteiger partial charge in [-0.1, -0.05) is 13.0 Å². The van der Waals surface area contributed by atoms with E-state index in [0.717, 1.165) is 12.0 Å². The lowest BCUT2D eigenvalue weighted by atomic mass is 10.2. The highest BCUT2D eigenvalue weighted by atomic mass is 16.1. The van der Waals surface area contributed by atoms with Crippen LogP contribution >= 0.6 is 0 Å². The van der Waals surface area contributed by atoms with E-state index in [-0.39, 0.29) is 22.5 Å². The normalized spacial score (nSPS) is 11.1. The van der Waals surface area contributed by atoms with Gasteiger partial charge in [-0.25, -0.2) is 4.98 Å². The molecule has 0 spiro atoms. The molecular weight excluding hydrogens is 306 g/mol. The van der Waals surface area contributed by atoms with Crippen LogP contribution in [-0.4, -0.2) is 26.9 Å². The van der Waals surface area contributed by atoms with Crippen molar-refractivity contribution in [2.45, 2.75) is 26.8 Å². The molecule has 7 nitrogen and oxygen atoms in total.